The van der Waals surface area contributed by atoms with Gasteiger partial charge in [0, 0.05) is 0 Å². The number of hydrogen-bond acceptors (Lipinski definition) is 0. The van der Waals surface area contributed by atoms with Gasteiger partial charge in [0.15, 0.2) is 8.11 Å². The molecule has 0 heterocycles. The maximum atomic E-state index is 6.69. The zero-order valence-electron chi connectivity index (χ0n) is 10.3. The summed E-state index contributed by atoms with van der Waals surface area (Å²) in [6.07, 6.45) is 0. The van der Waals surface area contributed by atoms with Crippen molar-refractivity contribution in [2.24, 2.45) is 0 Å². The van der Waals surface area contributed by atoms with E-state index in [1.165, 1.54) is 21.9 Å². The van der Waals surface area contributed by atoms with Crippen LogP contribution in [0.2, 0.25) is 0 Å². The molecule has 0 fully saturated rings. The van der Waals surface area contributed by atoms with Gasteiger partial charge in [-0.3, -0.25) is 0 Å². The van der Waals surface area contributed by atoms with E-state index in [1.807, 2.05) is 6.07 Å². The van der Waals surface area contributed by atoms with E-state index >= 15 is 0 Å². The smallest absolute Gasteiger partial charge is 0.165 e. The lowest BCUT2D eigenvalue weighted by atomic mass is 10.2. The lowest BCUT2D eigenvalue weighted by Gasteiger charge is -2.14. The van der Waals surface area contributed by atoms with E-state index in [9.17, 15) is 0 Å². The number of hydrogen-bond donors (Lipinski definition) is 0. The van der Waals surface area contributed by atoms with Gasteiger partial charge < -0.3 is 0 Å². The molecule has 0 nitrogen and oxygen atoms in total. The van der Waals surface area contributed by atoms with Gasteiger partial charge in [-0.05, 0) is 30.6 Å². The largest absolute Gasteiger partial charge is 0.176 e. The fourth-order valence-corrected chi connectivity index (χ4v) is 5.88. The van der Waals surface area contributed by atoms with Crippen molar-refractivity contribution in [3.63, 3.8) is 0 Å². The highest BCUT2D eigenvalue weighted by atomic mass is 35.6. The van der Waals surface area contributed by atoms with Gasteiger partial charge in [-0.25, -0.2) is 0 Å². The molecule has 0 spiro atoms. The Labute approximate surface area is 110 Å². The highest BCUT2D eigenvalue weighted by molar-refractivity contribution is 7.14. The highest BCUT2D eigenvalue weighted by Gasteiger charge is 2.15. The second-order valence-electron chi connectivity index (χ2n) is 4.46. The Morgan fingerprint density at radius 3 is 2.06 bits per heavy atom. The van der Waals surface area contributed by atoms with Gasteiger partial charge >= 0.3 is 0 Å². The van der Waals surface area contributed by atoms with Gasteiger partial charge in [0.25, 0.3) is 0 Å². The van der Waals surface area contributed by atoms with Crippen molar-refractivity contribution in [3.8, 4) is 0 Å². The normalized spacial score (nSPS) is 12.4. The topological polar surface area (TPSA) is 0 Å². The van der Waals surface area contributed by atoms with Crippen molar-refractivity contribution in [1.82, 2.24) is 0 Å². The van der Waals surface area contributed by atoms with Crippen LogP contribution in [0.3, 0.4) is 0 Å². The van der Waals surface area contributed by atoms with Crippen molar-refractivity contribution >= 4 is 24.4 Å². The first-order chi connectivity index (χ1) is 8.18. The van der Waals surface area contributed by atoms with Crippen LogP contribution < -0.4 is 5.19 Å². The fourth-order valence-electron chi connectivity index (χ4n) is 2.24. The van der Waals surface area contributed by atoms with Crippen molar-refractivity contribution in [2.45, 2.75) is 19.9 Å². The zero-order chi connectivity index (χ0) is 12.3. The Morgan fingerprint density at radius 1 is 0.882 bits per heavy atom. The quantitative estimate of drug-likeness (QED) is 0.587. The number of halogens is 1. The summed E-state index contributed by atoms with van der Waals surface area (Å²) in [7, 11) is -1.39. The van der Waals surface area contributed by atoms with E-state index in [0.717, 1.165) is 6.04 Å². The molecule has 17 heavy (non-hydrogen) atoms. The summed E-state index contributed by atoms with van der Waals surface area (Å²) < 4.78 is 0. The van der Waals surface area contributed by atoms with Crippen molar-refractivity contribution < 1.29 is 0 Å². The molecule has 0 aliphatic carbocycles. The second kappa shape index (κ2) is 5.52. The molecule has 0 saturated carbocycles. The third-order valence-electron chi connectivity index (χ3n) is 3.11. The van der Waals surface area contributed by atoms with Gasteiger partial charge in [0.05, 0.1) is 0 Å². The number of rotatable bonds is 3. The first-order valence-corrected chi connectivity index (χ1v) is 9.06. The zero-order valence-corrected chi connectivity index (χ0v) is 12.2. The summed E-state index contributed by atoms with van der Waals surface area (Å²) in [5.74, 6) is 0. The average Bonchev–Trinajstić information content (AvgIpc) is 2.30. The van der Waals surface area contributed by atoms with E-state index < -0.39 is 8.11 Å². The van der Waals surface area contributed by atoms with Crippen LogP contribution >= 0.6 is 11.1 Å². The fraction of sp³-hybridized carbons (Fsp3) is 0.200. The molecule has 0 bridgehead atoms. The van der Waals surface area contributed by atoms with Crippen LogP contribution in [0.15, 0.2) is 48.5 Å². The molecule has 0 N–H and O–H groups in total. The predicted molar refractivity (Wildman–Crippen MR) is 78.7 cm³/mol. The molecular weight excluding hydrogens is 244 g/mol. The molecule has 0 radical (unpaired) electrons. The SMILES string of the molecule is Cc1cccc(C)c1[SiH](Cl)Cc1ccccc1. The van der Waals surface area contributed by atoms with Crippen LogP contribution in [-0.4, -0.2) is 8.11 Å². The first kappa shape index (κ1) is 12.4. The van der Waals surface area contributed by atoms with Gasteiger partial charge in [0.2, 0.25) is 0 Å². The van der Waals surface area contributed by atoms with Crippen molar-refractivity contribution in [3.05, 3.63) is 65.2 Å². The van der Waals surface area contributed by atoms with E-state index in [1.54, 1.807) is 0 Å². The molecule has 0 aliphatic rings. The molecule has 2 aromatic rings. The van der Waals surface area contributed by atoms with Crippen LogP contribution in [0.4, 0.5) is 0 Å². The van der Waals surface area contributed by atoms with Gasteiger partial charge in [0.1, 0.15) is 0 Å². The lowest BCUT2D eigenvalue weighted by Crippen LogP contribution is -2.31. The van der Waals surface area contributed by atoms with E-state index in [0.29, 0.717) is 0 Å². The van der Waals surface area contributed by atoms with Crippen molar-refractivity contribution in [2.75, 3.05) is 0 Å². The molecule has 0 amide bonds. The highest BCUT2D eigenvalue weighted by Crippen LogP contribution is 2.10. The molecule has 1 atom stereocenters. The minimum Gasteiger partial charge on any atom is -0.165 e. The van der Waals surface area contributed by atoms with Gasteiger partial charge in [-0.2, -0.15) is 11.1 Å². The number of aryl methyl sites for hydroxylation is 2. The van der Waals surface area contributed by atoms with E-state index in [2.05, 4.69) is 56.3 Å². The third kappa shape index (κ3) is 2.99. The standard InChI is InChI=1S/C15H17ClSi/c1-12-7-6-8-13(2)15(12)17(16)11-14-9-4-3-5-10-14/h3-10,17H,11H2,1-2H3. The Morgan fingerprint density at radius 2 is 1.47 bits per heavy atom. The summed E-state index contributed by atoms with van der Waals surface area (Å²) in [4.78, 5) is 0. The molecule has 0 saturated heterocycles. The Hall–Kier alpha value is -1.05. The molecule has 1 unspecified atom stereocenters. The van der Waals surface area contributed by atoms with Gasteiger partial charge in [-0.15, -0.1) is 0 Å². The van der Waals surface area contributed by atoms with Crippen LogP contribution in [0.5, 0.6) is 0 Å². The van der Waals surface area contributed by atoms with Crippen LogP contribution in [0.1, 0.15) is 16.7 Å². The third-order valence-corrected chi connectivity index (χ3v) is 6.60. The Balaban J connectivity index is 2.23. The van der Waals surface area contributed by atoms with E-state index in [4.69, 9.17) is 11.1 Å². The summed E-state index contributed by atoms with van der Waals surface area (Å²) in [6, 6.07) is 18.0. The summed E-state index contributed by atoms with van der Waals surface area (Å²) in [5.41, 5.74) is 4.03. The van der Waals surface area contributed by atoms with Gasteiger partial charge in [-0.1, -0.05) is 59.7 Å². The molecule has 2 aromatic carbocycles. The maximum Gasteiger partial charge on any atom is 0.176 e. The monoisotopic (exact) mass is 260 g/mol. The average molecular weight is 261 g/mol. The second-order valence-corrected chi connectivity index (χ2v) is 7.96. The predicted octanol–water partition coefficient (Wildman–Crippen LogP) is 3.25. The lowest BCUT2D eigenvalue weighted by molar-refractivity contribution is 1.36. The van der Waals surface area contributed by atoms with Crippen LogP contribution in [0, 0.1) is 13.8 Å². The first-order valence-electron chi connectivity index (χ1n) is 5.92. The van der Waals surface area contributed by atoms with Crippen molar-refractivity contribution in [1.29, 1.82) is 0 Å². The summed E-state index contributed by atoms with van der Waals surface area (Å²) >= 11 is 6.69. The molecule has 2 rings (SSSR count). The molecule has 0 aliphatic heterocycles. The summed E-state index contributed by atoms with van der Waals surface area (Å²) in [5, 5.41) is 1.41. The minimum atomic E-state index is -1.39. The number of benzene rings is 2. The Kier molecular flexibility index (Phi) is 4.03. The van der Waals surface area contributed by atoms with Crippen LogP contribution in [-0.2, 0) is 6.04 Å². The van der Waals surface area contributed by atoms with E-state index in [-0.39, 0.29) is 0 Å². The minimum absolute atomic E-state index is 1.02. The summed E-state index contributed by atoms with van der Waals surface area (Å²) in [6.45, 7) is 4.32. The molecule has 2 heteroatoms. The molecule has 88 valence electrons. The van der Waals surface area contributed by atoms with Crippen LogP contribution in [0.25, 0.3) is 0 Å². The Bertz CT molecular complexity index is 473. The maximum absolute atomic E-state index is 6.69. The molecular formula is C15H17ClSi. The molecule has 0 aromatic heterocycles.